The van der Waals surface area contributed by atoms with E-state index in [9.17, 15) is 24.1 Å². The third kappa shape index (κ3) is 2.91. The van der Waals surface area contributed by atoms with Crippen molar-refractivity contribution in [3.05, 3.63) is 28.1 Å². The van der Waals surface area contributed by atoms with Gasteiger partial charge in [0.1, 0.15) is 0 Å². The van der Waals surface area contributed by atoms with E-state index < -0.39 is 28.3 Å². The number of nitrogens with two attached hydrogens (primary N) is 1. The summed E-state index contributed by atoms with van der Waals surface area (Å²) in [5.41, 5.74) is 3.89. The van der Waals surface area contributed by atoms with Crippen LogP contribution in [0.3, 0.4) is 0 Å². The van der Waals surface area contributed by atoms with E-state index >= 15 is 0 Å². The Bertz CT molecular complexity index is 619. The number of halogens is 1. The molecule has 9 heteroatoms. The molecule has 21 heavy (non-hydrogen) atoms. The number of hydrogen-bond acceptors (Lipinski definition) is 5. The highest BCUT2D eigenvalue weighted by Crippen LogP contribution is 2.37. The van der Waals surface area contributed by atoms with Crippen LogP contribution < -0.4 is 15.4 Å². The van der Waals surface area contributed by atoms with E-state index in [0.717, 1.165) is 12.1 Å². The van der Waals surface area contributed by atoms with Gasteiger partial charge in [-0.1, -0.05) is 0 Å². The fourth-order valence-corrected chi connectivity index (χ4v) is 2.15. The topological polar surface area (TPSA) is 116 Å². The lowest BCUT2D eigenvalue weighted by atomic mass is 10.1. The molecular formula is C12H12FN3O5. The number of amides is 2. The van der Waals surface area contributed by atoms with Crippen molar-refractivity contribution >= 4 is 23.4 Å². The third-order valence-corrected chi connectivity index (χ3v) is 3.07. The predicted molar refractivity (Wildman–Crippen MR) is 69.5 cm³/mol. The summed E-state index contributed by atoms with van der Waals surface area (Å²) in [7, 11) is 0. The molecule has 0 bridgehead atoms. The number of benzene rings is 1. The molecule has 0 unspecified atom stereocenters. The van der Waals surface area contributed by atoms with Crippen LogP contribution in [-0.2, 0) is 4.79 Å². The van der Waals surface area contributed by atoms with Crippen molar-refractivity contribution in [1.82, 2.24) is 0 Å². The molecule has 0 radical (unpaired) electrons. The monoisotopic (exact) mass is 297 g/mol. The predicted octanol–water partition coefficient (Wildman–Crippen LogP) is 1.71. The van der Waals surface area contributed by atoms with Crippen molar-refractivity contribution in [2.45, 2.75) is 19.3 Å². The Morgan fingerprint density at radius 1 is 1.43 bits per heavy atom. The van der Waals surface area contributed by atoms with Crippen LogP contribution >= 0.6 is 0 Å². The molecule has 1 aromatic carbocycles. The number of nitrogens with zero attached hydrogens (tertiary/aromatic N) is 2. The Morgan fingerprint density at radius 3 is 2.71 bits per heavy atom. The van der Waals surface area contributed by atoms with E-state index in [1.807, 2.05) is 0 Å². The van der Waals surface area contributed by atoms with E-state index in [0.29, 0.717) is 19.4 Å². The summed E-state index contributed by atoms with van der Waals surface area (Å²) >= 11 is 0. The smallest absolute Gasteiger partial charge is 0.400 e. The molecule has 0 spiro atoms. The molecule has 112 valence electrons. The molecule has 1 saturated heterocycles. The molecule has 1 aliphatic heterocycles. The van der Waals surface area contributed by atoms with E-state index in [-0.39, 0.29) is 18.0 Å². The van der Waals surface area contributed by atoms with Gasteiger partial charge in [0, 0.05) is 19.0 Å². The first kappa shape index (κ1) is 14.7. The molecule has 1 aliphatic rings. The highest BCUT2D eigenvalue weighted by molar-refractivity contribution is 5.94. The average Bonchev–Trinajstić information content (AvgIpc) is 2.41. The standard InChI is InChI=1S/C12H12FN3O5/c13-10-7(15-6-2-1-3-9(15)17)4-5-8(16(19)20)11(10)21-12(14)18/h4-5H,1-3,6H2,(H2,14,18). The number of nitro groups is 1. The normalized spacial score (nSPS) is 14.9. The Morgan fingerprint density at radius 2 is 2.14 bits per heavy atom. The molecule has 8 nitrogen and oxygen atoms in total. The largest absolute Gasteiger partial charge is 0.410 e. The minimum atomic E-state index is -1.38. The maximum Gasteiger partial charge on any atom is 0.410 e. The Kier molecular flexibility index (Phi) is 4.01. The quantitative estimate of drug-likeness (QED) is 0.673. The van der Waals surface area contributed by atoms with Crippen molar-refractivity contribution in [3.63, 3.8) is 0 Å². The number of piperidine rings is 1. The summed E-state index contributed by atoms with van der Waals surface area (Å²) in [5, 5.41) is 10.8. The molecule has 0 aromatic heterocycles. The van der Waals surface area contributed by atoms with Gasteiger partial charge in [-0.15, -0.1) is 0 Å². The molecule has 1 fully saturated rings. The van der Waals surface area contributed by atoms with E-state index in [1.165, 1.54) is 4.90 Å². The van der Waals surface area contributed by atoms with Crippen LogP contribution in [0.15, 0.2) is 12.1 Å². The summed E-state index contributed by atoms with van der Waals surface area (Å²) in [6.45, 7) is 0.295. The van der Waals surface area contributed by atoms with Crippen LogP contribution in [0.25, 0.3) is 0 Å². The maximum absolute atomic E-state index is 14.4. The van der Waals surface area contributed by atoms with Gasteiger partial charge in [0.25, 0.3) is 0 Å². The molecule has 0 saturated carbocycles. The first-order chi connectivity index (χ1) is 9.91. The molecule has 2 amide bonds. The molecule has 2 rings (SSSR count). The van der Waals surface area contributed by atoms with Crippen LogP contribution in [-0.4, -0.2) is 23.5 Å². The molecule has 0 atom stereocenters. The highest BCUT2D eigenvalue weighted by Gasteiger charge is 2.29. The first-order valence-corrected chi connectivity index (χ1v) is 6.16. The van der Waals surface area contributed by atoms with Gasteiger partial charge in [-0.2, -0.15) is 0 Å². The highest BCUT2D eigenvalue weighted by atomic mass is 19.1. The Balaban J connectivity index is 2.50. The Hall–Kier alpha value is -2.71. The summed E-state index contributed by atoms with van der Waals surface area (Å²) in [6.07, 6.45) is 0.282. The zero-order valence-electron chi connectivity index (χ0n) is 10.9. The summed E-state index contributed by atoms with van der Waals surface area (Å²) < 4.78 is 18.8. The molecular weight excluding hydrogens is 285 g/mol. The van der Waals surface area contributed by atoms with Gasteiger partial charge in [0.2, 0.25) is 11.7 Å². The second kappa shape index (κ2) is 5.73. The van der Waals surface area contributed by atoms with Gasteiger partial charge in [-0.3, -0.25) is 14.9 Å². The van der Waals surface area contributed by atoms with Gasteiger partial charge in [0.05, 0.1) is 10.6 Å². The summed E-state index contributed by atoms with van der Waals surface area (Å²) in [4.78, 5) is 33.7. The lowest BCUT2D eigenvalue weighted by molar-refractivity contribution is -0.385. The van der Waals surface area contributed by atoms with E-state index in [4.69, 9.17) is 5.73 Å². The van der Waals surface area contributed by atoms with Crippen LogP contribution in [0, 0.1) is 15.9 Å². The van der Waals surface area contributed by atoms with E-state index in [1.54, 1.807) is 0 Å². The van der Waals surface area contributed by atoms with Gasteiger partial charge >= 0.3 is 11.8 Å². The number of nitro benzene ring substituents is 1. The second-order valence-electron chi connectivity index (χ2n) is 4.43. The molecule has 1 aromatic rings. The van der Waals surface area contributed by atoms with Crippen molar-refractivity contribution in [1.29, 1.82) is 0 Å². The lowest BCUT2D eigenvalue weighted by Crippen LogP contribution is -2.36. The van der Waals surface area contributed by atoms with E-state index in [2.05, 4.69) is 4.74 Å². The van der Waals surface area contributed by atoms with Crippen molar-refractivity contribution in [2.24, 2.45) is 5.73 Å². The number of primary amides is 1. The van der Waals surface area contributed by atoms with Crippen molar-refractivity contribution < 1.29 is 23.6 Å². The van der Waals surface area contributed by atoms with Gasteiger partial charge in [-0.05, 0) is 18.9 Å². The number of anilines is 1. The Labute approximate surface area is 118 Å². The van der Waals surface area contributed by atoms with Gasteiger partial charge < -0.3 is 15.4 Å². The maximum atomic E-state index is 14.4. The van der Waals surface area contributed by atoms with Crippen molar-refractivity contribution in [2.75, 3.05) is 11.4 Å². The van der Waals surface area contributed by atoms with Crippen LogP contribution in [0.2, 0.25) is 0 Å². The fraction of sp³-hybridized carbons (Fsp3) is 0.333. The SMILES string of the molecule is NC(=O)Oc1c([N+](=O)[O-])ccc(N2CCCCC2=O)c1F. The fourth-order valence-electron chi connectivity index (χ4n) is 2.15. The van der Waals surface area contributed by atoms with Crippen LogP contribution in [0.5, 0.6) is 5.75 Å². The zero-order valence-corrected chi connectivity index (χ0v) is 10.9. The lowest BCUT2D eigenvalue weighted by Gasteiger charge is -2.27. The van der Waals surface area contributed by atoms with Gasteiger partial charge in [0.15, 0.2) is 5.82 Å². The van der Waals surface area contributed by atoms with Gasteiger partial charge in [-0.25, -0.2) is 9.18 Å². The molecule has 1 heterocycles. The summed E-state index contributed by atoms with van der Waals surface area (Å²) in [6, 6.07) is 2.09. The number of carbonyl (C=O) groups is 2. The van der Waals surface area contributed by atoms with Crippen LogP contribution in [0.4, 0.5) is 20.6 Å². The second-order valence-corrected chi connectivity index (χ2v) is 4.43. The van der Waals surface area contributed by atoms with Crippen molar-refractivity contribution in [3.8, 4) is 5.75 Å². The number of ether oxygens (including phenoxy) is 1. The average molecular weight is 297 g/mol. The number of hydrogen-bond donors (Lipinski definition) is 1. The number of carbonyl (C=O) groups excluding carboxylic acids is 2. The minimum Gasteiger partial charge on any atom is -0.400 e. The summed E-state index contributed by atoms with van der Waals surface area (Å²) in [5.74, 6) is -2.33. The third-order valence-electron chi connectivity index (χ3n) is 3.07. The molecule has 0 aliphatic carbocycles. The van der Waals surface area contributed by atoms with Crippen LogP contribution in [0.1, 0.15) is 19.3 Å². The molecule has 2 N–H and O–H groups in total. The zero-order chi connectivity index (χ0) is 15.6. The number of rotatable bonds is 3. The minimum absolute atomic E-state index is 0.165. The first-order valence-electron chi connectivity index (χ1n) is 6.16.